The molecule has 0 spiro atoms. The first-order valence-corrected chi connectivity index (χ1v) is 6.15. The number of benzene rings is 1. The van der Waals surface area contributed by atoms with Crippen molar-refractivity contribution in [3.63, 3.8) is 0 Å². The monoisotopic (exact) mass is 249 g/mol. The second kappa shape index (κ2) is 5.73. The van der Waals surface area contributed by atoms with Gasteiger partial charge in [-0.3, -0.25) is 5.32 Å². The van der Waals surface area contributed by atoms with Gasteiger partial charge >= 0.3 is 6.09 Å². The van der Waals surface area contributed by atoms with Crippen LogP contribution < -0.4 is 11.1 Å². The molecule has 5 nitrogen and oxygen atoms in total. The van der Waals surface area contributed by atoms with Crippen LogP contribution in [0.15, 0.2) is 24.3 Å². The van der Waals surface area contributed by atoms with Gasteiger partial charge in [-0.05, 0) is 44.2 Å². The summed E-state index contributed by atoms with van der Waals surface area (Å²) >= 11 is 0. The maximum Gasteiger partial charge on any atom is 0.411 e. The van der Waals surface area contributed by atoms with E-state index in [0.29, 0.717) is 24.0 Å². The number of nitrogens with two attached hydrogens (primary N) is 1. The van der Waals surface area contributed by atoms with Crippen LogP contribution in [-0.4, -0.2) is 37.2 Å². The Morgan fingerprint density at radius 3 is 2.72 bits per heavy atom. The van der Waals surface area contributed by atoms with Crippen LogP contribution in [0, 0.1) is 0 Å². The number of carbonyl (C=O) groups excluding carboxylic acids is 1. The van der Waals surface area contributed by atoms with Gasteiger partial charge in [-0.1, -0.05) is 0 Å². The summed E-state index contributed by atoms with van der Waals surface area (Å²) in [5, 5.41) is 2.65. The Labute approximate surface area is 107 Å². The minimum atomic E-state index is -0.427. The van der Waals surface area contributed by atoms with Crippen molar-refractivity contribution in [3.05, 3.63) is 24.3 Å². The van der Waals surface area contributed by atoms with E-state index in [-0.39, 0.29) is 0 Å². The average molecular weight is 249 g/mol. The molecule has 0 heterocycles. The van der Waals surface area contributed by atoms with Crippen LogP contribution in [0.1, 0.15) is 12.8 Å². The first-order chi connectivity index (χ1) is 8.65. The zero-order valence-corrected chi connectivity index (χ0v) is 10.6. The molecule has 0 atom stereocenters. The second-order valence-corrected chi connectivity index (χ2v) is 4.59. The van der Waals surface area contributed by atoms with Crippen molar-refractivity contribution in [3.8, 4) is 0 Å². The molecule has 18 heavy (non-hydrogen) atoms. The molecule has 1 aliphatic rings. The zero-order valence-electron chi connectivity index (χ0n) is 10.6. The van der Waals surface area contributed by atoms with Gasteiger partial charge in [0.15, 0.2) is 0 Å². The highest BCUT2D eigenvalue weighted by atomic mass is 16.5. The summed E-state index contributed by atoms with van der Waals surface area (Å²) in [6, 6.07) is 7.64. The van der Waals surface area contributed by atoms with Gasteiger partial charge in [0.1, 0.15) is 6.61 Å². The highest BCUT2D eigenvalue weighted by molar-refractivity contribution is 5.84. The smallest absolute Gasteiger partial charge is 0.411 e. The van der Waals surface area contributed by atoms with Crippen LogP contribution in [0.25, 0.3) is 0 Å². The number of ether oxygens (including phenoxy) is 1. The first kappa shape index (κ1) is 12.7. The van der Waals surface area contributed by atoms with Crippen molar-refractivity contribution in [2.75, 3.05) is 31.2 Å². The zero-order chi connectivity index (χ0) is 13.0. The van der Waals surface area contributed by atoms with E-state index < -0.39 is 6.09 Å². The number of nitrogens with zero attached hydrogens (tertiary/aromatic N) is 1. The number of rotatable bonds is 5. The van der Waals surface area contributed by atoms with E-state index in [1.807, 2.05) is 0 Å². The van der Waals surface area contributed by atoms with E-state index in [0.717, 1.165) is 6.54 Å². The molecule has 3 N–H and O–H groups in total. The highest BCUT2D eigenvalue weighted by Crippen LogP contribution is 2.24. The molecule has 1 aliphatic carbocycles. The van der Waals surface area contributed by atoms with Gasteiger partial charge in [-0.15, -0.1) is 0 Å². The third kappa shape index (κ3) is 3.92. The molecule has 0 unspecified atom stereocenters. The van der Waals surface area contributed by atoms with Gasteiger partial charge in [-0.25, -0.2) is 4.79 Å². The molecule has 0 aliphatic heterocycles. The molecule has 0 saturated heterocycles. The van der Waals surface area contributed by atoms with Gasteiger partial charge in [0.25, 0.3) is 0 Å². The van der Waals surface area contributed by atoms with Crippen molar-refractivity contribution < 1.29 is 9.53 Å². The predicted octanol–water partition coefficient (Wildman–Crippen LogP) is 1.91. The largest absolute Gasteiger partial charge is 0.448 e. The van der Waals surface area contributed by atoms with Crippen LogP contribution in [0.2, 0.25) is 0 Å². The normalized spacial score (nSPS) is 14.6. The Kier molecular flexibility index (Phi) is 4.04. The number of nitrogen functional groups attached to an aromatic ring is 1. The van der Waals surface area contributed by atoms with Crippen LogP contribution in [0.5, 0.6) is 0 Å². The van der Waals surface area contributed by atoms with Crippen molar-refractivity contribution in [2.24, 2.45) is 0 Å². The highest BCUT2D eigenvalue weighted by Gasteiger charge is 2.25. The van der Waals surface area contributed by atoms with E-state index in [2.05, 4.69) is 17.3 Å². The van der Waals surface area contributed by atoms with E-state index in [4.69, 9.17) is 10.5 Å². The number of hydrogen-bond acceptors (Lipinski definition) is 4. The number of amides is 1. The minimum absolute atomic E-state index is 0.411. The van der Waals surface area contributed by atoms with Crippen molar-refractivity contribution in [1.29, 1.82) is 0 Å². The second-order valence-electron chi connectivity index (χ2n) is 4.59. The number of likely N-dealkylation sites (N-methyl/N-ethyl adjacent to an activating group) is 1. The maximum atomic E-state index is 11.5. The number of anilines is 2. The third-order valence-corrected chi connectivity index (χ3v) is 3.00. The summed E-state index contributed by atoms with van der Waals surface area (Å²) in [6.07, 6.45) is 2.09. The Morgan fingerprint density at radius 1 is 1.44 bits per heavy atom. The van der Waals surface area contributed by atoms with Crippen LogP contribution >= 0.6 is 0 Å². The standard InChI is InChI=1S/C13H19N3O2/c1-16(12-6-7-12)8-9-18-13(17)15-11-4-2-10(14)3-5-11/h2-5,12H,6-9,14H2,1H3,(H,15,17). The van der Waals surface area contributed by atoms with Crippen LogP contribution in [0.3, 0.4) is 0 Å². The average Bonchev–Trinajstić information content (AvgIpc) is 3.16. The summed E-state index contributed by atoms with van der Waals surface area (Å²) in [4.78, 5) is 13.7. The lowest BCUT2D eigenvalue weighted by atomic mass is 10.3. The summed E-state index contributed by atoms with van der Waals surface area (Å²) in [5.41, 5.74) is 6.91. The van der Waals surface area contributed by atoms with Gasteiger partial charge < -0.3 is 15.4 Å². The fourth-order valence-corrected chi connectivity index (χ4v) is 1.70. The number of carbonyl (C=O) groups is 1. The van der Waals surface area contributed by atoms with Crippen LogP contribution in [0.4, 0.5) is 16.2 Å². The summed E-state index contributed by atoms with van der Waals surface area (Å²) in [6.45, 7) is 1.19. The fraction of sp³-hybridized carbons (Fsp3) is 0.462. The van der Waals surface area contributed by atoms with Gasteiger partial charge in [0.2, 0.25) is 0 Å². The molecule has 1 aromatic rings. The van der Waals surface area contributed by atoms with E-state index in [1.54, 1.807) is 24.3 Å². The molecule has 0 radical (unpaired) electrons. The third-order valence-electron chi connectivity index (χ3n) is 3.00. The van der Waals surface area contributed by atoms with Crippen molar-refractivity contribution in [2.45, 2.75) is 18.9 Å². The molecular formula is C13H19N3O2. The summed E-state index contributed by atoms with van der Waals surface area (Å²) in [7, 11) is 2.05. The Balaban J connectivity index is 1.66. The number of hydrogen-bond donors (Lipinski definition) is 2. The Bertz CT molecular complexity index is 401. The quantitative estimate of drug-likeness (QED) is 0.782. The number of nitrogens with one attached hydrogen (secondary N) is 1. The molecule has 1 aromatic carbocycles. The topological polar surface area (TPSA) is 67.6 Å². The minimum Gasteiger partial charge on any atom is -0.448 e. The van der Waals surface area contributed by atoms with E-state index in [9.17, 15) is 4.79 Å². The van der Waals surface area contributed by atoms with Crippen molar-refractivity contribution >= 4 is 17.5 Å². The Hall–Kier alpha value is -1.75. The van der Waals surface area contributed by atoms with Crippen LogP contribution in [-0.2, 0) is 4.74 Å². The fourth-order valence-electron chi connectivity index (χ4n) is 1.70. The summed E-state index contributed by atoms with van der Waals surface area (Å²) in [5.74, 6) is 0. The van der Waals surface area contributed by atoms with Crippen molar-refractivity contribution in [1.82, 2.24) is 4.90 Å². The van der Waals surface area contributed by atoms with Gasteiger partial charge in [-0.2, -0.15) is 0 Å². The molecule has 1 fully saturated rings. The lowest BCUT2D eigenvalue weighted by Gasteiger charge is -2.15. The predicted molar refractivity (Wildman–Crippen MR) is 71.5 cm³/mol. The molecule has 0 aromatic heterocycles. The molecule has 5 heteroatoms. The molecular weight excluding hydrogens is 230 g/mol. The molecule has 2 rings (SSSR count). The first-order valence-electron chi connectivity index (χ1n) is 6.15. The van der Waals surface area contributed by atoms with Gasteiger partial charge in [0.05, 0.1) is 0 Å². The molecule has 0 bridgehead atoms. The lowest BCUT2D eigenvalue weighted by molar-refractivity contribution is 0.144. The maximum absolute atomic E-state index is 11.5. The Morgan fingerprint density at radius 2 is 2.11 bits per heavy atom. The SMILES string of the molecule is CN(CCOC(=O)Nc1ccc(N)cc1)C1CC1. The molecule has 98 valence electrons. The van der Waals surface area contributed by atoms with E-state index >= 15 is 0 Å². The molecule has 1 saturated carbocycles. The van der Waals surface area contributed by atoms with Gasteiger partial charge in [0, 0.05) is 24.0 Å². The van der Waals surface area contributed by atoms with E-state index in [1.165, 1.54) is 12.8 Å². The molecule has 1 amide bonds. The lowest BCUT2D eigenvalue weighted by Crippen LogP contribution is -2.27. The summed E-state index contributed by atoms with van der Waals surface area (Å²) < 4.78 is 5.10.